The van der Waals surface area contributed by atoms with E-state index in [0.29, 0.717) is 41.3 Å². The fraction of sp³-hybridized carbons (Fsp3) is 0.439. The molecular weight excluding hydrogens is 646 g/mol. The van der Waals surface area contributed by atoms with Gasteiger partial charge in [0.15, 0.2) is 0 Å². The van der Waals surface area contributed by atoms with Gasteiger partial charge in [-0.05, 0) is 106 Å². The van der Waals surface area contributed by atoms with Crippen molar-refractivity contribution in [2.45, 2.75) is 89.5 Å². The predicted octanol–water partition coefficient (Wildman–Crippen LogP) is 7.45. The van der Waals surface area contributed by atoms with Crippen LogP contribution in [0.25, 0.3) is 0 Å². The lowest BCUT2D eigenvalue weighted by atomic mass is 9.78. The van der Waals surface area contributed by atoms with E-state index in [1.54, 1.807) is 72.8 Å². The lowest BCUT2D eigenvalue weighted by Crippen LogP contribution is -2.45. The van der Waals surface area contributed by atoms with Crippen molar-refractivity contribution in [2.24, 2.45) is 23.7 Å². The Morgan fingerprint density at radius 1 is 0.490 bits per heavy atom. The van der Waals surface area contributed by atoms with Gasteiger partial charge >= 0.3 is 11.9 Å². The second kappa shape index (κ2) is 17.3. The van der Waals surface area contributed by atoms with Crippen molar-refractivity contribution < 1.29 is 33.4 Å². The first-order chi connectivity index (χ1) is 24.8. The summed E-state index contributed by atoms with van der Waals surface area (Å²) in [5, 5.41) is 8.94. The normalized spacial score (nSPS) is 21.1. The van der Waals surface area contributed by atoms with Crippen LogP contribution in [0.1, 0.15) is 93.8 Å². The van der Waals surface area contributed by atoms with E-state index < -0.39 is 29.8 Å². The molecule has 0 radical (unpaired) electrons. The summed E-state index contributed by atoms with van der Waals surface area (Å²) in [6, 6.07) is 21.7. The Bertz CT molecular complexity index is 1570. The summed E-state index contributed by atoms with van der Waals surface area (Å²) in [4.78, 5) is 65.4. The molecule has 2 unspecified atom stereocenters. The second-order valence-electron chi connectivity index (χ2n) is 14.2. The van der Waals surface area contributed by atoms with E-state index in [9.17, 15) is 24.0 Å². The Morgan fingerprint density at radius 2 is 0.922 bits per heavy atom. The second-order valence-corrected chi connectivity index (χ2v) is 14.2. The van der Waals surface area contributed by atoms with Crippen LogP contribution < -0.4 is 25.4 Å². The lowest BCUT2D eigenvalue weighted by Gasteiger charge is -2.33. The molecule has 3 aliphatic carbocycles. The zero-order valence-corrected chi connectivity index (χ0v) is 28.9. The minimum absolute atomic E-state index is 0.0144. The van der Waals surface area contributed by atoms with Gasteiger partial charge in [0.05, 0.1) is 11.8 Å². The number of nitrogens with one attached hydrogen (secondary N) is 3. The Morgan fingerprint density at radius 3 is 1.35 bits per heavy atom. The summed E-state index contributed by atoms with van der Waals surface area (Å²) in [6.45, 7) is 0. The van der Waals surface area contributed by atoms with Gasteiger partial charge in [-0.1, -0.05) is 56.7 Å². The van der Waals surface area contributed by atoms with Crippen LogP contribution in [0.3, 0.4) is 0 Å². The molecule has 3 aromatic carbocycles. The van der Waals surface area contributed by atoms with E-state index in [-0.39, 0.29) is 36.0 Å². The molecule has 3 fully saturated rings. The van der Waals surface area contributed by atoms with Crippen LogP contribution in [0, 0.1) is 23.7 Å². The molecule has 3 saturated carbocycles. The number of rotatable bonds is 10. The van der Waals surface area contributed by atoms with Gasteiger partial charge in [-0.3, -0.25) is 24.0 Å². The number of ether oxygens (including phenoxy) is 2. The molecule has 0 heterocycles. The molecule has 0 bridgehead atoms. The van der Waals surface area contributed by atoms with Crippen LogP contribution in [0.2, 0.25) is 0 Å². The summed E-state index contributed by atoms with van der Waals surface area (Å²) < 4.78 is 11.5. The lowest BCUT2D eigenvalue weighted by molar-refractivity contribution is -0.145. The minimum atomic E-state index is -0.680. The van der Waals surface area contributed by atoms with Gasteiger partial charge in [-0.25, -0.2) is 0 Å². The summed E-state index contributed by atoms with van der Waals surface area (Å²) in [5.74, 6) is -1.96. The molecule has 268 valence electrons. The topological polar surface area (TPSA) is 140 Å². The Balaban J connectivity index is 1.08. The molecule has 51 heavy (non-hydrogen) atoms. The van der Waals surface area contributed by atoms with Gasteiger partial charge < -0.3 is 25.4 Å². The van der Waals surface area contributed by atoms with Gasteiger partial charge in [0.2, 0.25) is 11.8 Å². The molecule has 3 N–H and O–H groups in total. The zero-order chi connectivity index (χ0) is 35.6. The van der Waals surface area contributed by atoms with Crippen LogP contribution in [-0.4, -0.2) is 35.7 Å². The van der Waals surface area contributed by atoms with Crippen LogP contribution in [0.5, 0.6) is 11.5 Å². The van der Waals surface area contributed by atoms with Crippen LogP contribution in [0.4, 0.5) is 11.4 Å². The maximum atomic E-state index is 13.5. The minimum Gasteiger partial charge on any atom is -0.426 e. The molecular formula is C41H47N3O7. The molecule has 0 aromatic heterocycles. The van der Waals surface area contributed by atoms with E-state index in [0.717, 1.165) is 51.4 Å². The molecule has 10 nitrogen and oxygen atoms in total. The number of benzene rings is 3. The first-order valence-electron chi connectivity index (χ1n) is 18.4. The summed E-state index contributed by atoms with van der Waals surface area (Å²) >= 11 is 0. The molecule has 3 aliphatic rings. The van der Waals surface area contributed by atoms with Crippen molar-refractivity contribution in [2.75, 3.05) is 10.6 Å². The average molecular weight is 694 g/mol. The Hall–Kier alpha value is -4.99. The molecule has 0 aliphatic heterocycles. The van der Waals surface area contributed by atoms with E-state index in [4.69, 9.17) is 9.47 Å². The number of hydrogen-bond donors (Lipinski definition) is 3. The van der Waals surface area contributed by atoms with Crippen molar-refractivity contribution in [3.8, 4) is 11.5 Å². The standard InChI is InChI=1S/C41H47N3O7/c45-37(27-10-4-1-5-11-27)42-32-16-20-35(21-17-32)50-40(48)30-24-31(26-34(25-30)44-39(47)29-14-8-3-9-15-29)41(49)51-36-22-18-33(19-23-36)43-38(46)28-12-6-2-7-13-28/h3,8-9,14-23,27-28,30-31,34H,1-2,4-7,10-13,24-26H2,(H,42,45)(H,43,46)(H,44,47). The summed E-state index contributed by atoms with van der Waals surface area (Å²) in [5.41, 5.74) is 1.75. The number of carbonyl (C=O) groups excluding carboxylic acids is 5. The van der Waals surface area contributed by atoms with E-state index >= 15 is 0 Å². The molecule has 3 amide bonds. The smallest absolute Gasteiger partial charge is 0.314 e. The fourth-order valence-electron chi connectivity index (χ4n) is 7.51. The monoisotopic (exact) mass is 693 g/mol. The highest BCUT2D eigenvalue weighted by molar-refractivity contribution is 5.95. The quantitative estimate of drug-likeness (QED) is 0.148. The number of esters is 2. The third kappa shape index (κ3) is 10.1. The zero-order valence-electron chi connectivity index (χ0n) is 28.9. The van der Waals surface area contributed by atoms with E-state index in [2.05, 4.69) is 16.0 Å². The SMILES string of the molecule is O=C(NC1CC(C(=O)Oc2ccc(NC(=O)C3CCCCC3)cc2)CC(C(=O)Oc2ccc(NC(=O)C3CCCCC3)cc2)C1)c1ccccc1. The average Bonchev–Trinajstić information content (AvgIpc) is 3.17. The molecule has 0 spiro atoms. The van der Waals surface area contributed by atoms with Crippen LogP contribution in [-0.2, 0) is 19.2 Å². The molecule has 10 heteroatoms. The largest absolute Gasteiger partial charge is 0.426 e. The molecule has 3 aromatic rings. The summed E-state index contributed by atoms with van der Waals surface area (Å²) in [7, 11) is 0. The van der Waals surface area contributed by atoms with Crippen molar-refractivity contribution in [1.29, 1.82) is 0 Å². The van der Waals surface area contributed by atoms with Gasteiger partial charge in [-0.15, -0.1) is 0 Å². The van der Waals surface area contributed by atoms with Crippen LogP contribution >= 0.6 is 0 Å². The van der Waals surface area contributed by atoms with E-state index in [1.165, 1.54) is 12.8 Å². The van der Waals surface area contributed by atoms with Crippen molar-refractivity contribution in [3.05, 3.63) is 84.4 Å². The number of hydrogen-bond acceptors (Lipinski definition) is 7. The van der Waals surface area contributed by atoms with Gasteiger partial charge in [0.25, 0.3) is 5.91 Å². The first kappa shape index (κ1) is 35.8. The Kier molecular flexibility index (Phi) is 12.1. The molecule has 0 saturated heterocycles. The maximum absolute atomic E-state index is 13.5. The third-order valence-corrected chi connectivity index (χ3v) is 10.4. The summed E-state index contributed by atoms with van der Waals surface area (Å²) in [6.07, 6.45) is 11.0. The number of carbonyl (C=O) groups is 5. The number of amides is 3. The fourth-order valence-corrected chi connectivity index (χ4v) is 7.51. The van der Waals surface area contributed by atoms with Gasteiger partial charge in [0, 0.05) is 34.8 Å². The first-order valence-corrected chi connectivity index (χ1v) is 18.4. The molecule has 2 atom stereocenters. The van der Waals surface area contributed by atoms with Crippen LogP contribution in [0.15, 0.2) is 78.9 Å². The van der Waals surface area contributed by atoms with E-state index in [1.807, 2.05) is 6.07 Å². The highest BCUT2D eigenvalue weighted by Crippen LogP contribution is 2.33. The predicted molar refractivity (Wildman–Crippen MR) is 193 cm³/mol. The highest BCUT2D eigenvalue weighted by Gasteiger charge is 2.39. The maximum Gasteiger partial charge on any atom is 0.314 e. The third-order valence-electron chi connectivity index (χ3n) is 10.4. The van der Waals surface area contributed by atoms with Gasteiger partial charge in [0.1, 0.15) is 11.5 Å². The van der Waals surface area contributed by atoms with Crippen molar-refractivity contribution >= 4 is 41.0 Å². The van der Waals surface area contributed by atoms with Crippen molar-refractivity contribution in [1.82, 2.24) is 5.32 Å². The van der Waals surface area contributed by atoms with Crippen molar-refractivity contribution in [3.63, 3.8) is 0 Å². The molecule has 6 rings (SSSR count). The highest BCUT2D eigenvalue weighted by atomic mass is 16.5. The Labute approximate surface area is 299 Å². The van der Waals surface area contributed by atoms with Gasteiger partial charge in [-0.2, -0.15) is 0 Å². The number of anilines is 2.